The van der Waals surface area contributed by atoms with Crippen LogP contribution in [0.3, 0.4) is 0 Å². The Kier molecular flexibility index (Phi) is 3.83. The van der Waals surface area contributed by atoms with Gasteiger partial charge in [0.25, 0.3) is 5.69 Å². The number of nitro groups is 1. The molecule has 0 N–H and O–H groups in total. The minimum absolute atomic E-state index is 0.00222. The molecule has 1 unspecified atom stereocenters. The summed E-state index contributed by atoms with van der Waals surface area (Å²) >= 11 is 9.18. The molecule has 0 aliphatic heterocycles. The first-order chi connectivity index (χ1) is 6.56. The van der Waals surface area contributed by atoms with E-state index in [0.717, 1.165) is 12.6 Å². The highest BCUT2D eigenvalue weighted by atomic mass is 79.9. The van der Waals surface area contributed by atoms with Gasteiger partial charge in [0.1, 0.15) is 11.3 Å². The molecule has 76 valence electrons. The van der Waals surface area contributed by atoms with E-state index in [1.165, 1.54) is 6.07 Å². The third-order valence-corrected chi connectivity index (χ3v) is 3.22. The van der Waals surface area contributed by atoms with Crippen molar-refractivity contribution in [3.8, 4) is 0 Å². The van der Waals surface area contributed by atoms with Crippen LogP contribution in [0, 0.1) is 10.1 Å². The summed E-state index contributed by atoms with van der Waals surface area (Å²) in [5.41, 5.74) is 0.616. The van der Waals surface area contributed by atoms with Gasteiger partial charge in [-0.25, -0.2) is 4.98 Å². The molecule has 1 heterocycles. The van der Waals surface area contributed by atoms with Crippen molar-refractivity contribution in [2.24, 2.45) is 0 Å². The fourth-order valence-corrected chi connectivity index (χ4v) is 1.71. The predicted molar refractivity (Wildman–Crippen MR) is 57.9 cm³/mol. The van der Waals surface area contributed by atoms with Gasteiger partial charge in [-0.1, -0.05) is 34.5 Å². The molecular weight excluding hydrogens is 271 g/mol. The van der Waals surface area contributed by atoms with Crippen molar-refractivity contribution in [1.82, 2.24) is 4.98 Å². The number of halogens is 2. The van der Waals surface area contributed by atoms with E-state index >= 15 is 0 Å². The zero-order valence-electron chi connectivity index (χ0n) is 7.41. The molecule has 0 aromatic carbocycles. The summed E-state index contributed by atoms with van der Waals surface area (Å²) in [6.07, 6.45) is 1.95. The van der Waals surface area contributed by atoms with Gasteiger partial charge < -0.3 is 0 Å². The number of pyridine rings is 1. The molecule has 0 amide bonds. The molecule has 0 aliphatic carbocycles. The first-order valence-electron chi connectivity index (χ1n) is 4.00. The van der Waals surface area contributed by atoms with Gasteiger partial charge in [-0.2, -0.15) is 0 Å². The van der Waals surface area contributed by atoms with Crippen LogP contribution in [0.5, 0.6) is 0 Å². The molecule has 1 rings (SSSR count). The highest BCUT2D eigenvalue weighted by molar-refractivity contribution is 9.09. The quantitative estimate of drug-likeness (QED) is 0.368. The Bertz CT molecular complexity index is 359. The molecule has 0 saturated heterocycles. The Labute approximate surface area is 94.6 Å². The summed E-state index contributed by atoms with van der Waals surface area (Å²) in [4.78, 5) is 13.8. The first-order valence-corrected chi connectivity index (χ1v) is 5.29. The van der Waals surface area contributed by atoms with Gasteiger partial charge in [0.2, 0.25) is 0 Å². The maximum atomic E-state index is 10.5. The number of rotatable bonds is 3. The minimum atomic E-state index is -0.484. The fourth-order valence-electron chi connectivity index (χ4n) is 0.993. The highest BCUT2D eigenvalue weighted by Gasteiger charge is 2.15. The van der Waals surface area contributed by atoms with Gasteiger partial charge in [-0.05, 0) is 6.42 Å². The lowest BCUT2D eigenvalue weighted by Gasteiger charge is -2.07. The number of nitrogens with zero attached hydrogens (tertiary/aromatic N) is 2. The molecule has 4 nitrogen and oxygen atoms in total. The first kappa shape index (κ1) is 11.4. The summed E-state index contributed by atoms with van der Waals surface area (Å²) in [6, 6.07) is 1.44. The lowest BCUT2D eigenvalue weighted by molar-refractivity contribution is -0.385. The third kappa shape index (κ3) is 2.42. The summed E-state index contributed by atoms with van der Waals surface area (Å²) in [5, 5.41) is 10.8. The van der Waals surface area contributed by atoms with Crippen molar-refractivity contribution in [2.75, 3.05) is 0 Å². The lowest BCUT2D eigenvalue weighted by Crippen LogP contribution is -1.95. The van der Waals surface area contributed by atoms with Gasteiger partial charge in [0.15, 0.2) is 0 Å². The van der Waals surface area contributed by atoms with Gasteiger partial charge in [-0.3, -0.25) is 10.1 Å². The van der Waals surface area contributed by atoms with E-state index < -0.39 is 4.92 Å². The van der Waals surface area contributed by atoms with Crippen molar-refractivity contribution < 1.29 is 4.92 Å². The normalized spacial score (nSPS) is 12.5. The number of alkyl halides is 1. The average Bonchev–Trinajstić information content (AvgIpc) is 2.17. The van der Waals surface area contributed by atoms with Crippen LogP contribution < -0.4 is 0 Å². The predicted octanol–water partition coefficient (Wildman–Crippen LogP) is 3.49. The molecule has 1 aromatic rings. The van der Waals surface area contributed by atoms with Crippen molar-refractivity contribution >= 4 is 33.2 Å². The Balaban J connectivity index is 3.14. The molecule has 6 heteroatoms. The van der Waals surface area contributed by atoms with E-state index in [9.17, 15) is 10.1 Å². The molecule has 0 aliphatic rings. The van der Waals surface area contributed by atoms with Crippen molar-refractivity contribution in [1.29, 1.82) is 0 Å². The summed E-state index contributed by atoms with van der Waals surface area (Å²) in [5.74, 6) is 0. The molecule has 0 fully saturated rings. The van der Waals surface area contributed by atoms with E-state index in [-0.39, 0.29) is 10.5 Å². The molecule has 0 spiro atoms. The fraction of sp³-hybridized carbons (Fsp3) is 0.375. The topological polar surface area (TPSA) is 56.0 Å². The highest BCUT2D eigenvalue weighted by Crippen LogP contribution is 2.32. The van der Waals surface area contributed by atoms with Gasteiger partial charge in [0, 0.05) is 16.5 Å². The van der Waals surface area contributed by atoms with Crippen molar-refractivity contribution in [3.63, 3.8) is 0 Å². The van der Waals surface area contributed by atoms with Crippen molar-refractivity contribution in [2.45, 2.75) is 18.2 Å². The van der Waals surface area contributed by atoms with Crippen LogP contribution in [0.15, 0.2) is 12.3 Å². The molecule has 0 saturated carbocycles. The van der Waals surface area contributed by atoms with Crippen LogP contribution in [0.4, 0.5) is 5.69 Å². The standard InChI is InChI=1S/C8H8BrClN2O2/c1-2-7(9)6-3-5(12(13)14)4-11-8(6)10/h3-4,7H,2H2,1H3. The second kappa shape index (κ2) is 4.70. The SMILES string of the molecule is CCC(Br)c1cc([N+](=O)[O-])cnc1Cl. The molecule has 14 heavy (non-hydrogen) atoms. The second-order valence-electron chi connectivity index (χ2n) is 2.71. The smallest absolute Gasteiger partial charge is 0.258 e. The van der Waals surface area contributed by atoms with Crippen LogP contribution in [0.25, 0.3) is 0 Å². The van der Waals surface area contributed by atoms with Gasteiger partial charge in [0.05, 0.1) is 4.92 Å². The van der Waals surface area contributed by atoms with E-state index in [1.54, 1.807) is 0 Å². The van der Waals surface area contributed by atoms with Gasteiger partial charge in [-0.15, -0.1) is 0 Å². The van der Waals surface area contributed by atoms with Crippen LogP contribution in [0.2, 0.25) is 5.15 Å². The minimum Gasteiger partial charge on any atom is -0.258 e. The van der Waals surface area contributed by atoms with E-state index in [0.29, 0.717) is 10.7 Å². The second-order valence-corrected chi connectivity index (χ2v) is 4.17. The Morgan fingerprint density at radius 3 is 2.93 bits per heavy atom. The molecule has 0 radical (unpaired) electrons. The molecular formula is C8H8BrClN2O2. The van der Waals surface area contributed by atoms with E-state index in [4.69, 9.17) is 11.6 Å². The maximum absolute atomic E-state index is 10.5. The largest absolute Gasteiger partial charge is 0.287 e. The summed E-state index contributed by atoms with van der Waals surface area (Å²) in [7, 11) is 0. The Morgan fingerprint density at radius 1 is 1.79 bits per heavy atom. The van der Waals surface area contributed by atoms with Crippen LogP contribution in [0.1, 0.15) is 23.7 Å². The summed E-state index contributed by atoms with van der Waals surface area (Å²) in [6.45, 7) is 1.95. The van der Waals surface area contributed by atoms with Crippen LogP contribution in [-0.2, 0) is 0 Å². The monoisotopic (exact) mass is 278 g/mol. The number of hydrogen-bond donors (Lipinski definition) is 0. The third-order valence-electron chi connectivity index (χ3n) is 1.76. The lowest BCUT2D eigenvalue weighted by atomic mass is 10.1. The van der Waals surface area contributed by atoms with Crippen LogP contribution >= 0.6 is 27.5 Å². The Morgan fingerprint density at radius 2 is 2.43 bits per heavy atom. The van der Waals surface area contributed by atoms with E-state index in [1.807, 2.05) is 6.92 Å². The zero-order chi connectivity index (χ0) is 10.7. The summed E-state index contributed by atoms with van der Waals surface area (Å²) < 4.78 is 0. The van der Waals surface area contributed by atoms with Crippen molar-refractivity contribution in [3.05, 3.63) is 33.1 Å². The number of hydrogen-bond acceptors (Lipinski definition) is 3. The van der Waals surface area contributed by atoms with E-state index in [2.05, 4.69) is 20.9 Å². The number of aromatic nitrogens is 1. The molecule has 1 aromatic heterocycles. The molecule has 1 atom stereocenters. The van der Waals surface area contributed by atoms with Crippen LogP contribution in [-0.4, -0.2) is 9.91 Å². The average molecular weight is 280 g/mol. The zero-order valence-corrected chi connectivity index (χ0v) is 9.75. The maximum Gasteiger partial charge on any atom is 0.287 e. The molecule has 0 bridgehead atoms. The Hall–Kier alpha value is -0.680. The van der Waals surface area contributed by atoms with Gasteiger partial charge >= 0.3 is 0 Å².